The van der Waals surface area contributed by atoms with E-state index in [4.69, 9.17) is 16.3 Å². The van der Waals surface area contributed by atoms with Gasteiger partial charge in [0.1, 0.15) is 12.4 Å². The van der Waals surface area contributed by atoms with E-state index >= 15 is 0 Å². The molecule has 0 aliphatic heterocycles. The topological polar surface area (TPSA) is 152 Å². The molecule has 0 saturated heterocycles. The van der Waals surface area contributed by atoms with Crippen molar-refractivity contribution < 1.29 is 4.92 Å². The van der Waals surface area contributed by atoms with Gasteiger partial charge < -0.3 is 5.73 Å². The zero-order valence-corrected chi connectivity index (χ0v) is 16.9. The van der Waals surface area contributed by atoms with E-state index in [0.29, 0.717) is 29.9 Å². The molecule has 10 heteroatoms. The highest BCUT2D eigenvalue weighted by atomic mass is 16.6. The second kappa shape index (κ2) is 10.2. The van der Waals surface area contributed by atoms with Gasteiger partial charge in [-0.15, -0.1) is 0 Å². The molecular formula is C22H18N8O2. The molecule has 0 bridgehead atoms. The third kappa shape index (κ3) is 6.02. The largest absolute Gasteiger partial charge is 0.396 e. The van der Waals surface area contributed by atoms with Gasteiger partial charge in [0.05, 0.1) is 53.2 Å². The molecule has 32 heavy (non-hydrogen) atoms. The molecule has 4 rings (SSSR count). The number of nitrogens with two attached hydrogens (primary N) is 1. The molecule has 0 unspecified atom stereocenters. The first-order valence-electron chi connectivity index (χ1n) is 9.39. The predicted molar refractivity (Wildman–Crippen MR) is 116 cm³/mol. The summed E-state index contributed by atoms with van der Waals surface area (Å²) in [7, 11) is 0. The minimum atomic E-state index is -0.491. The lowest BCUT2D eigenvalue weighted by Crippen LogP contribution is -2.00. The van der Waals surface area contributed by atoms with Crippen molar-refractivity contribution in [2.45, 2.75) is 13.1 Å². The Hall–Kier alpha value is -4.96. The van der Waals surface area contributed by atoms with E-state index in [-0.39, 0.29) is 5.69 Å². The Morgan fingerprint density at radius 3 is 1.88 bits per heavy atom. The van der Waals surface area contributed by atoms with Crippen LogP contribution in [-0.4, -0.2) is 24.5 Å². The highest BCUT2D eigenvalue weighted by Gasteiger charge is 2.08. The summed E-state index contributed by atoms with van der Waals surface area (Å²) >= 11 is 0. The van der Waals surface area contributed by atoms with Crippen LogP contribution >= 0.6 is 0 Å². The lowest BCUT2D eigenvalue weighted by atomic mass is 10.1. The van der Waals surface area contributed by atoms with Crippen molar-refractivity contribution in [1.29, 1.82) is 10.5 Å². The van der Waals surface area contributed by atoms with E-state index in [9.17, 15) is 10.1 Å². The van der Waals surface area contributed by atoms with E-state index in [1.165, 1.54) is 17.1 Å². The van der Waals surface area contributed by atoms with Crippen molar-refractivity contribution >= 4 is 11.4 Å². The highest BCUT2D eigenvalue weighted by molar-refractivity contribution is 5.34. The molecule has 158 valence electrons. The Morgan fingerprint density at radius 2 is 1.44 bits per heavy atom. The van der Waals surface area contributed by atoms with E-state index in [0.717, 1.165) is 11.1 Å². The number of anilines is 1. The van der Waals surface area contributed by atoms with Crippen LogP contribution in [0.3, 0.4) is 0 Å². The summed E-state index contributed by atoms with van der Waals surface area (Å²) in [5.74, 6) is 0. The molecule has 0 aliphatic rings. The fraction of sp³-hybridized carbons (Fsp3) is 0.0909. The van der Waals surface area contributed by atoms with Crippen LogP contribution in [0, 0.1) is 32.8 Å². The maximum atomic E-state index is 10.5. The molecule has 0 amide bonds. The molecule has 0 spiro atoms. The van der Waals surface area contributed by atoms with Crippen LogP contribution in [0.2, 0.25) is 0 Å². The second-order valence-corrected chi connectivity index (χ2v) is 6.75. The van der Waals surface area contributed by atoms with E-state index in [1.807, 2.05) is 30.3 Å². The van der Waals surface area contributed by atoms with Gasteiger partial charge in [-0.2, -0.15) is 20.7 Å². The SMILES string of the molecule is N#Cc1cccc(Cn2cc(N)cn2)c1.N#Cc1cccc(Cn2cc([N+](=O)[O-])cn2)c1. The number of nitrogens with zero attached hydrogens (tertiary/aromatic N) is 7. The molecule has 0 atom stereocenters. The number of nitriles is 2. The number of benzene rings is 2. The standard InChI is InChI=1S/C11H8N4O2.C11H10N4/c12-5-9-2-1-3-10(4-9)7-14-8-11(6-13-14)15(16)17;12-5-9-2-1-3-10(4-9)7-15-8-11(13)6-14-15/h1-4,6,8H,7H2;1-4,6,8H,7,13H2. The van der Waals surface area contributed by atoms with Crippen molar-refractivity contribution in [2.24, 2.45) is 0 Å². The van der Waals surface area contributed by atoms with Crippen molar-refractivity contribution in [1.82, 2.24) is 19.6 Å². The first-order valence-corrected chi connectivity index (χ1v) is 9.39. The smallest absolute Gasteiger partial charge is 0.307 e. The predicted octanol–water partition coefficient (Wildman–Crippen LogP) is 3.10. The molecule has 0 saturated carbocycles. The quantitative estimate of drug-likeness (QED) is 0.380. The zero-order chi connectivity index (χ0) is 22.9. The van der Waals surface area contributed by atoms with Crippen LogP contribution < -0.4 is 5.73 Å². The molecule has 0 radical (unpaired) electrons. The first-order chi connectivity index (χ1) is 15.5. The van der Waals surface area contributed by atoms with Crippen LogP contribution in [-0.2, 0) is 13.1 Å². The number of aromatic nitrogens is 4. The summed E-state index contributed by atoms with van der Waals surface area (Å²) in [4.78, 5) is 9.99. The molecular weight excluding hydrogens is 408 g/mol. The Morgan fingerprint density at radius 1 is 0.906 bits per heavy atom. The van der Waals surface area contributed by atoms with Crippen molar-refractivity contribution in [3.8, 4) is 12.1 Å². The molecule has 0 aliphatic carbocycles. The Kier molecular flexibility index (Phi) is 6.92. The fourth-order valence-electron chi connectivity index (χ4n) is 2.85. The zero-order valence-electron chi connectivity index (χ0n) is 16.9. The van der Waals surface area contributed by atoms with Gasteiger partial charge in [0, 0.05) is 6.20 Å². The number of nitro groups is 1. The molecule has 2 N–H and O–H groups in total. The maximum absolute atomic E-state index is 10.5. The average molecular weight is 426 g/mol. The van der Waals surface area contributed by atoms with E-state index < -0.39 is 4.92 Å². The Bertz CT molecular complexity index is 1310. The van der Waals surface area contributed by atoms with Crippen LogP contribution in [0.15, 0.2) is 73.3 Å². The van der Waals surface area contributed by atoms with Gasteiger partial charge in [-0.25, -0.2) is 0 Å². The summed E-state index contributed by atoms with van der Waals surface area (Å²) in [5.41, 5.74) is 9.29. The third-order valence-electron chi connectivity index (χ3n) is 4.28. The lowest BCUT2D eigenvalue weighted by Gasteiger charge is -2.01. The summed E-state index contributed by atoms with van der Waals surface area (Å²) in [6.45, 7) is 1.04. The Labute approximate surface area is 183 Å². The van der Waals surface area contributed by atoms with Gasteiger partial charge in [0.25, 0.3) is 0 Å². The third-order valence-corrected chi connectivity index (χ3v) is 4.28. The fourth-order valence-corrected chi connectivity index (χ4v) is 2.85. The minimum Gasteiger partial charge on any atom is -0.396 e. The number of rotatable bonds is 5. The molecule has 2 heterocycles. The van der Waals surface area contributed by atoms with Crippen LogP contribution in [0.25, 0.3) is 0 Å². The van der Waals surface area contributed by atoms with Crippen LogP contribution in [0.5, 0.6) is 0 Å². The normalized spacial score (nSPS) is 9.81. The lowest BCUT2D eigenvalue weighted by molar-refractivity contribution is -0.385. The van der Waals surface area contributed by atoms with Crippen molar-refractivity contribution in [3.63, 3.8) is 0 Å². The highest BCUT2D eigenvalue weighted by Crippen LogP contribution is 2.11. The first kappa shape index (κ1) is 21.7. The minimum absolute atomic E-state index is 0.0403. The summed E-state index contributed by atoms with van der Waals surface area (Å²) in [6, 6.07) is 18.6. The van der Waals surface area contributed by atoms with E-state index in [2.05, 4.69) is 16.3 Å². The van der Waals surface area contributed by atoms with Gasteiger partial charge in [-0.3, -0.25) is 19.5 Å². The number of hydrogen-bond acceptors (Lipinski definition) is 7. The van der Waals surface area contributed by atoms with Gasteiger partial charge in [-0.05, 0) is 35.4 Å². The molecule has 0 fully saturated rings. The number of nitrogen functional groups attached to an aromatic ring is 1. The van der Waals surface area contributed by atoms with Crippen LogP contribution in [0.4, 0.5) is 11.4 Å². The summed E-state index contributed by atoms with van der Waals surface area (Å²) in [6.07, 6.45) is 5.93. The molecule has 2 aromatic heterocycles. The molecule has 2 aromatic carbocycles. The van der Waals surface area contributed by atoms with Gasteiger partial charge in [0.2, 0.25) is 0 Å². The van der Waals surface area contributed by atoms with Crippen LogP contribution in [0.1, 0.15) is 22.3 Å². The molecule has 4 aromatic rings. The Balaban J connectivity index is 0.000000182. The van der Waals surface area contributed by atoms with E-state index in [1.54, 1.807) is 41.3 Å². The van der Waals surface area contributed by atoms with Crippen molar-refractivity contribution in [2.75, 3.05) is 5.73 Å². The second-order valence-electron chi connectivity index (χ2n) is 6.75. The maximum Gasteiger partial charge on any atom is 0.307 e. The molecule has 10 nitrogen and oxygen atoms in total. The summed E-state index contributed by atoms with van der Waals surface area (Å²) in [5, 5.41) is 35.9. The van der Waals surface area contributed by atoms with Gasteiger partial charge >= 0.3 is 5.69 Å². The number of hydrogen-bond donors (Lipinski definition) is 1. The van der Waals surface area contributed by atoms with Gasteiger partial charge in [0.15, 0.2) is 0 Å². The van der Waals surface area contributed by atoms with Gasteiger partial charge in [-0.1, -0.05) is 24.3 Å². The average Bonchev–Trinajstić information content (AvgIpc) is 3.43. The van der Waals surface area contributed by atoms with Crippen molar-refractivity contribution in [3.05, 3.63) is 106 Å². The summed E-state index contributed by atoms with van der Waals surface area (Å²) < 4.78 is 3.21. The monoisotopic (exact) mass is 426 g/mol.